The van der Waals surface area contributed by atoms with E-state index in [1.165, 1.54) is 5.56 Å². The van der Waals surface area contributed by atoms with Crippen molar-refractivity contribution in [1.82, 2.24) is 5.32 Å². The Labute approximate surface area is 123 Å². The fourth-order valence-corrected chi connectivity index (χ4v) is 2.88. The minimum absolute atomic E-state index is 0.199. The van der Waals surface area contributed by atoms with Crippen LogP contribution in [0.2, 0.25) is 0 Å². The molecule has 1 saturated carbocycles. The molecule has 0 saturated heterocycles. The van der Waals surface area contributed by atoms with E-state index in [1.54, 1.807) is 0 Å². The fourth-order valence-electron chi connectivity index (χ4n) is 2.88. The van der Waals surface area contributed by atoms with Crippen molar-refractivity contribution < 1.29 is 4.74 Å². The Kier molecular flexibility index (Phi) is 4.15. The highest BCUT2D eigenvalue weighted by molar-refractivity contribution is 5.31. The summed E-state index contributed by atoms with van der Waals surface area (Å²) < 4.78 is 6.17. The van der Waals surface area contributed by atoms with Gasteiger partial charge in [0.1, 0.15) is 11.9 Å². The Morgan fingerprint density at radius 3 is 2.25 bits per heavy atom. The van der Waals surface area contributed by atoms with E-state index in [-0.39, 0.29) is 10.8 Å². The van der Waals surface area contributed by atoms with Gasteiger partial charge in [0, 0.05) is 17.9 Å². The molecule has 1 aromatic rings. The second kappa shape index (κ2) is 5.40. The molecule has 2 rings (SSSR count). The van der Waals surface area contributed by atoms with Crippen LogP contribution < -0.4 is 10.1 Å². The van der Waals surface area contributed by atoms with Crippen LogP contribution in [-0.2, 0) is 5.41 Å². The van der Waals surface area contributed by atoms with E-state index in [0.29, 0.717) is 12.1 Å². The predicted molar refractivity (Wildman–Crippen MR) is 85.4 cm³/mol. The second-order valence-electron chi connectivity index (χ2n) is 7.55. The quantitative estimate of drug-likeness (QED) is 0.891. The summed E-state index contributed by atoms with van der Waals surface area (Å²) in [5, 5.41) is 3.54. The molecule has 0 bridgehead atoms. The molecule has 1 aromatic carbocycles. The Bertz CT molecular complexity index is 441. The lowest BCUT2D eigenvalue weighted by Gasteiger charge is -2.51. The summed E-state index contributed by atoms with van der Waals surface area (Å²) in [6.45, 7) is 14.5. The summed E-state index contributed by atoms with van der Waals surface area (Å²) in [4.78, 5) is 0. The van der Waals surface area contributed by atoms with E-state index < -0.39 is 0 Å². The molecule has 0 aliphatic heterocycles. The van der Waals surface area contributed by atoms with Gasteiger partial charge in [-0.25, -0.2) is 0 Å². The van der Waals surface area contributed by atoms with Crippen LogP contribution in [0.15, 0.2) is 24.3 Å². The molecule has 1 N–H and O–H groups in total. The van der Waals surface area contributed by atoms with Gasteiger partial charge in [-0.2, -0.15) is 0 Å². The zero-order valence-corrected chi connectivity index (χ0v) is 13.8. The Hall–Kier alpha value is -1.02. The summed E-state index contributed by atoms with van der Waals surface area (Å²) in [6, 6.07) is 9.16. The van der Waals surface area contributed by atoms with E-state index in [9.17, 15) is 0 Å². The molecular weight excluding hydrogens is 246 g/mol. The lowest BCUT2D eigenvalue weighted by Crippen LogP contribution is -2.62. The van der Waals surface area contributed by atoms with Crippen molar-refractivity contribution in [3.05, 3.63) is 29.8 Å². The normalized spacial score (nSPS) is 25.1. The zero-order chi connectivity index (χ0) is 15.0. The van der Waals surface area contributed by atoms with Gasteiger partial charge in [0.05, 0.1) is 0 Å². The van der Waals surface area contributed by atoms with Crippen LogP contribution in [0.1, 0.15) is 53.5 Å². The molecule has 0 radical (unpaired) electrons. The minimum atomic E-state index is 0.199. The van der Waals surface area contributed by atoms with Crippen molar-refractivity contribution in [3.8, 4) is 5.75 Å². The maximum absolute atomic E-state index is 6.17. The molecule has 1 aliphatic rings. The van der Waals surface area contributed by atoms with Gasteiger partial charge in [-0.05, 0) is 29.7 Å². The molecule has 0 amide bonds. The zero-order valence-electron chi connectivity index (χ0n) is 13.8. The van der Waals surface area contributed by atoms with Crippen molar-refractivity contribution in [1.29, 1.82) is 0 Å². The number of hydrogen-bond donors (Lipinski definition) is 1. The van der Waals surface area contributed by atoms with Crippen molar-refractivity contribution >= 4 is 0 Å². The van der Waals surface area contributed by atoms with Crippen molar-refractivity contribution in [2.75, 3.05) is 6.54 Å². The summed E-state index contributed by atoms with van der Waals surface area (Å²) >= 11 is 0. The lowest BCUT2D eigenvalue weighted by atomic mass is 9.64. The van der Waals surface area contributed by atoms with E-state index in [2.05, 4.69) is 71.1 Å². The minimum Gasteiger partial charge on any atom is -0.490 e. The summed E-state index contributed by atoms with van der Waals surface area (Å²) in [7, 11) is 0. The molecule has 20 heavy (non-hydrogen) atoms. The van der Waals surface area contributed by atoms with Crippen LogP contribution >= 0.6 is 0 Å². The van der Waals surface area contributed by atoms with E-state index >= 15 is 0 Å². The highest BCUT2D eigenvalue weighted by Crippen LogP contribution is 2.43. The van der Waals surface area contributed by atoms with Crippen molar-refractivity contribution in [2.45, 2.75) is 65.5 Å². The van der Waals surface area contributed by atoms with Gasteiger partial charge in [0.2, 0.25) is 0 Å². The maximum Gasteiger partial charge on any atom is 0.119 e. The molecule has 1 aliphatic carbocycles. The average Bonchev–Trinajstić information content (AvgIpc) is 2.37. The van der Waals surface area contributed by atoms with Gasteiger partial charge in [-0.15, -0.1) is 0 Å². The molecule has 0 aromatic heterocycles. The van der Waals surface area contributed by atoms with Gasteiger partial charge >= 0.3 is 0 Å². The van der Waals surface area contributed by atoms with E-state index in [0.717, 1.165) is 18.7 Å². The molecular formula is C18H29NO. The van der Waals surface area contributed by atoms with E-state index in [1.807, 2.05) is 0 Å². The lowest BCUT2D eigenvalue weighted by molar-refractivity contribution is -0.0541. The Morgan fingerprint density at radius 1 is 1.20 bits per heavy atom. The molecule has 112 valence electrons. The molecule has 2 atom stereocenters. The van der Waals surface area contributed by atoms with Crippen molar-refractivity contribution in [2.24, 2.45) is 5.41 Å². The van der Waals surface area contributed by atoms with Crippen molar-refractivity contribution in [3.63, 3.8) is 0 Å². The summed E-state index contributed by atoms with van der Waals surface area (Å²) in [5.74, 6) is 0.992. The van der Waals surface area contributed by atoms with Crippen LogP contribution in [0, 0.1) is 5.41 Å². The van der Waals surface area contributed by atoms with Gasteiger partial charge < -0.3 is 10.1 Å². The van der Waals surface area contributed by atoms with Gasteiger partial charge in [-0.1, -0.05) is 53.7 Å². The predicted octanol–water partition coefficient (Wildman–Crippen LogP) is 4.14. The first-order chi connectivity index (χ1) is 9.25. The fraction of sp³-hybridized carbons (Fsp3) is 0.667. The van der Waals surface area contributed by atoms with Crippen LogP contribution in [0.3, 0.4) is 0 Å². The highest BCUT2D eigenvalue weighted by Gasteiger charge is 2.49. The molecule has 2 heteroatoms. The third kappa shape index (κ3) is 3.01. The number of benzene rings is 1. The summed E-state index contributed by atoms with van der Waals surface area (Å²) in [6.07, 6.45) is 1.41. The molecule has 2 nitrogen and oxygen atoms in total. The van der Waals surface area contributed by atoms with Gasteiger partial charge in [-0.3, -0.25) is 0 Å². The third-order valence-electron chi connectivity index (χ3n) is 4.63. The topological polar surface area (TPSA) is 21.3 Å². The number of nitrogens with one attached hydrogen (secondary N) is 1. The third-order valence-corrected chi connectivity index (χ3v) is 4.63. The smallest absolute Gasteiger partial charge is 0.119 e. The Morgan fingerprint density at radius 2 is 1.80 bits per heavy atom. The first-order valence-corrected chi connectivity index (χ1v) is 7.75. The van der Waals surface area contributed by atoms with Crippen LogP contribution in [0.5, 0.6) is 5.75 Å². The molecule has 0 heterocycles. The first kappa shape index (κ1) is 15.4. The molecule has 0 spiro atoms. The van der Waals surface area contributed by atoms with Crippen LogP contribution in [0.4, 0.5) is 0 Å². The second-order valence-corrected chi connectivity index (χ2v) is 7.55. The SMILES string of the molecule is CCNC1CC(Oc2ccc(C(C)(C)C)cc2)C1(C)C. The number of rotatable bonds is 4. The average molecular weight is 275 g/mol. The van der Waals surface area contributed by atoms with Crippen LogP contribution in [0.25, 0.3) is 0 Å². The first-order valence-electron chi connectivity index (χ1n) is 7.75. The molecule has 1 fully saturated rings. The number of ether oxygens (including phenoxy) is 1. The monoisotopic (exact) mass is 275 g/mol. The van der Waals surface area contributed by atoms with Gasteiger partial charge in [0.25, 0.3) is 0 Å². The largest absolute Gasteiger partial charge is 0.490 e. The van der Waals surface area contributed by atoms with E-state index in [4.69, 9.17) is 4.74 Å². The Balaban J connectivity index is 1.98. The highest BCUT2D eigenvalue weighted by atomic mass is 16.5. The van der Waals surface area contributed by atoms with Crippen LogP contribution in [-0.4, -0.2) is 18.7 Å². The standard InChI is InChI=1S/C18H29NO/c1-7-19-15-12-16(18(15,5)6)20-14-10-8-13(9-11-14)17(2,3)4/h8-11,15-16,19H,7,12H2,1-6H3. The molecule has 2 unspecified atom stereocenters. The number of hydrogen-bond acceptors (Lipinski definition) is 2. The van der Waals surface area contributed by atoms with Gasteiger partial charge in [0.15, 0.2) is 0 Å². The maximum atomic E-state index is 6.17. The summed E-state index contributed by atoms with van der Waals surface area (Å²) in [5.41, 5.74) is 1.76.